The first kappa shape index (κ1) is 19.3. The predicted octanol–water partition coefficient (Wildman–Crippen LogP) is 3.28. The number of carbonyl (C=O) groups is 1. The Balaban J connectivity index is 1.46. The van der Waals surface area contributed by atoms with Gasteiger partial charge in [0.1, 0.15) is 5.52 Å². The maximum absolute atomic E-state index is 12.0. The van der Waals surface area contributed by atoms with Crippen LogP contribution in [-0.4, -0.2) is 45.7 Å². The van der Waals surface area contributed by atoms with Crippen LogP contribution in [0.15, 0.2) is 48.8 Å². The van der Waals surface area contributed by atoms with Gasteiger partial charge in [-0.25, -0.2) is 4.52 Å². The highest BCUT2D eigenvalue weighted by atomic mass is 16.5. The van der Waals surface area contributed by atoms with Crippen molar-refractivity contribution in [3.8, 4) is 17.0 Å². The van der Waals surface area contributed by atoms with Gasteiger partial charge in [-0.05, 0) is 42.7 Å². The van der Waals surface area contributed by atoms with E-state index in [1.807, 2.05) is 43.5 Å². The number of rotatable bonds is 5. The van der Waals surface area contributed by atoms with E-state index in [4.69, 9.17) is 4.74 Å². The third-order valence-electron chi connectivity index (χ3n) is 6.09. The van der Waals surface area contributed by atoms with E-state index in [0.29, 0.717) is 11.8 Å². The quantitative estimate of drug-likeness (QED) is 0.519. The average molecular weight is 416 g/mol. The van der Waals surface area contributed by atoms with Gasteiger partial charge in [-0.3, -0.25) is 9.78 Å². The molecule has 0 radical (unpaired) electrons. The number of hydrogen-bond acceptors (Lipinski definition) is 6. The summed E-state index contributed by atoms with van der Waals surface area (Å²) in [6.45, 7) is 1.98. The second-order valence-electron chi connectivity index (χ2n) is 8.27. The van der Waals surface area contributed by atoms with E-state index >= 15 is 0 Å². The first-order valence-corrected chi connectivity index (χ1v) is 10.3. The summed E-state index contributed by atoms with van der Waals surface area (Å²) in [7, 11) is 3.28. The number of anilines is 1. The number of benzene rings is 1. The molecule has 4 aromatic rings. The van der Waals surface area contributed by atoms with E-state index in [-0.39, 0.29) is 17.4 Å². The van der Waals surface area contributed by atoms with Gasteiger partial charge in [0, 0.05) is 36.4 Å². The van der Waals surface area contributed by atoms with Crippen molar-refractivity contribution in [2.75, 3.05) is 19.5 Å². The Morgan fingerprint density at radius 1 is 1.26 bits per heavy atom. The first-order valence-electron chi connectivity index (χ1n) is 10.3. The van der Waals surface area contributed by atoms with Crippen LogP contribution in [0.25, 0.3) is 27.5 Å². The van der Waals surface area contributed by atoms with E-state index in [0.717, 1.165) is 40.4 Å². The zero-order valence-electron chi connectivity index (χ0n) is 17.7. The topological polar surface area (TPSA) is 93.4 Å². The minimum atomic E-state index is -0.341. The van der Waals surface area contributed by atoms with Crippen molar-refractivity contribution in [2.45, 2.75) is 25.8 Å². The van der Waals surface area contributed by atoms with Crippen molar-refractivity contribution in [1.82, 2.24) is 24.9 Å². The van der Waals surface area contributed by atoms with Crippen LogP contribution in [0.2, 0.25) is 0 Å². The molecular formula is C23H24N6O2. The summed E-state index contributed by atoms with van der Waals surface area (Å²) in [6.07, 6.45) is 5.17. The van der Waals surface area contributed by atoms with Crippen molar-refractivity contribution in [2.24, 2.45) is 5.41 Å². The summed E-state index contributed by atoms with van der Waals surface area (Å²) >= 11 is 0. The Morgan fingerprint density at radius 2 is 2.10 bits per heavy atom. The summed E-state index contributed by atoms with van der Waals surface area (Å²) in [6, 6.07) is 12.3. The molecule has 1 aliphatic carbocycles. The number of nitrogens with zero attached hydrogens (tertiary/aromatic N) is 4. The lowest BCUT2D eigenvalue weighted by Gasteiger charge is -2.43. The number of pyridine rings is 1. The SMILES string of the molecule is CNC(=O)C1(C)CC(Nc2nc(OC)c3c(-c4ccc5ncccc5c4)ccn3n2)C1. The van der Waals surface area contributed by atoms with E-state index < -0.39 is 0 Å². The predicted molar refractivity (Wildman–Crippen MR) is 119 cm³/mol. The number of nitrogens with one attached hydrogen (secondary N) is 2. The summed E-state index contributed by atoms with van der Waals surface area (Å²) in [5, 5.41) is 11.8. The molecule has 0 atom stereocenters. The molecule has 8 nitrogen and oxygen atoms in total. The zero-order chi connectivity index (χ0) is 21.6. The van der Waals surface area contributed by atoms with Gasteiger partial charge in [0.05, 0.1) is 18.0 Å². The largest absolute Gasteiger partial charge is 0.479 e. The first-order chi connectivity index (χ1) is 15.0. The van der Waals surface area contributed by atoms with E-state index in [1.165, 1.54) is 0 Å². The smallest absolute Gasteiger partial charge is 0.244 e. The molecule has 5 rings (SSSR count). The lowest BCUT2D eigenvalue weighted by molar-refractivity contribution is -0.134. The van der Waals surface area contributed by atoms with Crippen LogP contribution in [0.4, 0.5) is 5.95 Å². The number of aromatic nitrogens is 4. The van der Waals surface area contributed by atoms with Crippen molar-refractivity contribution in [3.05, 3.63) is 48.8 Å². The van der Waals surface area contributed by atoms with Crippen molar-refractivity contribution < 1.29 is 9.53 Å². The maximum Gasteiger partial charge on any atom is 0.244 e. The van der Waals surface area contributed by atoms with Gasteiger partial charge in [0.15, 0.2) is 0 Å². The molecule has 1 fully saturated rings. The molecule has 0 saturated heterocycles. The minimum Gasteiger partial charge on any atom is -0.479 e. The lowest BCUT2D eigenvalue weighted by Crippen LogP contribution is -2.51. The highest BCUT2D eigenvalue weighted by molar-refractivity contribution is 5.90. The molecule has 0 spiro atoms. The summed E-state index contributed by atoms with van der Waals surface area (Å²) < 4.78 is 7.40. The molecule has 0 bridgehead atoms. The van der Waals surface area contributed by atoms with Gasteiger partial charge < -0.3 is 15.4 Å². The lowest BCUT2D eigenvalue weighted by atomic mass is 9.66. The third kappa shape index (κ3) is 3.24. The monoisotopic (exact) mass is 416 g/mol. The standard InChI is InChI=1S/C23H24N6O2/c1-23(21(30)24-2)12-16(13-23)26-22-27-20(31-3)19-17(8-10-29(19)28-22)14-6-7-18-15(11-14)5-4-9-25-18/h4-11,16H,12-13H2,1-3H3,(H,24,30)(H,26,28). The van der Waals surface area contributed by atoms with Gasteiger partial charge in [-0.15, -0.1) is 5.10 Å². The maximum atomic E-state index is 12.0. The van der Waals surface area contributed by atoms with E-state index in [1.54, 1.807) is 24.9 Å². The highest BCUT2D eigenvalue weighted by Gasteiger charge is 2.46. The normalized spacial score (nSPS) is 20.4. The fourth-order valence-electron chi connectivity index (χ4n) is 4.47. The molecule has 1 saturated carbocycles. The second-order valence-corrected chi connectivity index (χ2v) is 8.27. The zero-order valence-corrected chi connectivity index (χ0v) is 17.7. The summed E-state index contributed by atoms with van der Waals surface area (Å²) in [4.78, 5) is 21.0. The number of hydrogen-bond donors (Lipinski definition) is 2. The molecule has 8 heteroatoms. The molecule has 0 aliphatic heterocycles. The molecule has 3 heterocycles. The van der Waals surface area contributed by atoms with Crippen LogP contribution >= 0.6 is 0 Å². The fraction of sp³-hybridized carbons (Fsp3) is 0.304. The highest BCUT2D eigenvalue weighted by Crippen LogP contribution is 2.42. The summed E-state index contributed by atoms with van der Waals surface area (Å²) in [5.41, 5.74) is 3.45. The molecular weight excluding hydrogens is 392 g/mol. The molecule has 2 N–H and O–H groups in total. The number of ether oxygens (including phenoxy) is 1. The fourth-order valence-corrected chi connectivity index (χ4v) is 4.47. The molecule has 1 amide bonds. The molecule has 158 valence electrons. The second kappa shape index (κ2) is 7.23. The molecule has 31 heavy (non-hydrogen) atoms. The van der Waals surface area contributed by atoms with E-state index in [2.05, 4.69) is 31.8 Å². The van der Waals surface area contributed by atoms with Crippen LogP contribution in [-0.2, 0) is 4.79 Å². The third-order valence-corrected chi connectivity index (χ3v) is 6.09. The number of methoxy groups -OCH3 is 1. The Labute approximate surface area is 179 Å². The Morgan fingerprint density at radius 3 is 2.87 bits per heavy atom. The van der Waals surface area contributed by atoms with Gasteiger partial charge in [0.25, 0.3) is 0 Å². The van der Waals surface area contributed by atoms with Crippen LogP contribution in [0.5, 0.6) is 5.88 Å². The Bertz CT molecular complexity index is 1290. The minimum absolute atomic E-state index is 0.0696. The number of carbonyl (C=O) groups excluding carboxylic acids is 1. The van der Waals surface area contributed by atoms with Crippen LogP contribution in [0.3, 0.4) is 0 Å². The Kier molecular flexibility index (Phi) is 4.50. The van der Waals surface area contributed by atoms with E-state index in [9.17, 15) is 4.79 Å². The van der Waals surface area contributed by atoms with Crippen LogP contribution in [0, 0.1) is 5.41 Å². The summed E-state index contributed by atoms with van der Waals surface area (Å²) in [5.74, 6) is 1.05. The van der Waals surface area contributed by atoms with Crippen LogP contribution < -0.4 is 15.4 Å². The number of amides is 1. The molecule has 0 unspecified atom stereocenters. The van der Waals surface area contributed by atoms with Gasteiger partial charge in [-0.2, -0.15) is 4.98 Å². The number of fused-ring (bicyclic) bond motifs is 2. The van der Waals surface area contributed by atoms with Gasteiger partial charge >= 0.3 is 0 Å². The Hall–Kier alpha value is -3.68. The van der Waals surface area contributed by atoms with Gasteiger partial charge in [0.2, 0.25) is 17.7 Å². The molecule has 1 aromatic carbocycles. The van der Waals surface area contributed by atoms with Crippen LogP contribution in [0.1, 0.15) is 19.8 Å². The molecule has 1 aliphatic rings. The van der Waals surface area contributed by atoms with Crippen molar-refractivity contribution >= 4 is 28.3 Å². The average Bonchev–Trinajstić information content (AvgIpc) is 3.20. The van der Waals surface area contributed by atoms with Gasteiger partial charge in [-0.1, -0.05) is 19.1 Å². The van der Waals surface area contributed by atoms with Crippen molar-refractivity contribution in [1.29, 1.82) is 0 Å². The molecule has 3 aromatic heterocycles. The van der Waals surface area contributed by atoms with Crippen molar-refractivity contribution in [3.63, 3.8) is 0 Å².